The largest absolute Gasteiger partial charge is 0.495 e. The van der Waals surface area contributed by atoms with Gasteiger partial charge >= 0.3 is 0 Å². The lowest BCUT2D eigenvalue weighted by Gasteiger charge is -2.14. The van der Waals surface area contributed by atoms with Crippen molar-refractivity contribution in [1.82, 2.24) is 9.97 Å². The molecule has 0 fully saturated rings. The molecule has 0 spiro atoms. The molecule has 0 bridgehead atoms. The van der Waals surface area contributed by atoms with Crippen molar-refractivity contribution < 1.29 is 22.3 Å². The number of benzene rings is 2. The van der Waals surface area contributed by atoms with Crippen LogP contribution >= 0.6 is 0 Å². The third kappa shape index (κ3) is 5.85. The first kappa shape index (κ1) is 23.7. The van der Waals surface area contributed by atoms with Crippen LogP contribution in [0.4, 0.5) is 27.5 Å². The molecule has 0 amide bonds. The number of aromatic nitrogens is 2. The number of sulfonamides is 1. The average molecular weight is 473 g/mol. The van der Waals surface area contributed by atoms with Crippen molar-refractivity contribution >= 4 is 33.2 Å². The first-order chi connectivity index (χ1) is 15.6. The molecule has 10 nitrogen and oxygen atoms in total. The van der Waals surface area contributed by atoms with Gasteiger partial charge in [-0.15, -0.1) is 0 Å². The molecule has 1 heterocycles. The molecule has 12 heteroatoms. The predicted molar refractivity (Wildman–Crippen MR) is 120 cm³/mol. The Morgan fingerprint density at radius 3 is 2.48 bits per heavy atom. The Labute approximate surface area is 190 Å². The van der Waals surface area contributed by atoms with Gasteiger partial charge in [-0.3, -0.25) is 0 Å². The van der Waals surface area contributed by atoms with Gasteiger partial charge in [-0.05, 0) is 49.7 Å². The number of nitrogens with one attached hydrogen (secondary N) is 2. The summed E-state index contributed by atoms with van der Waals surface area (Å²) in [6.07, 6.45) is 0.389. The highest BCUT2D eigenvalue weighted by atomic mass is 32.2. The summed E-state index contributed by atoms with van der Waals surface area (Å²) in [4.78, 5) is 7.87. The van der Waals surface area contributed by atoms with Gasteiger partial charge in [0.1, 0.15) is 22.5 Å². The van der Waals surface area contributed by atoms with E-state index in [4.69, 9.17) is 19.9 Å². The quantitative estimate of drug-likeness (QED) is 0.448. The van der Waals surface area contributed by atoms with E-state index in [2.05, 4.69) is 20.6 Å². The first-order valence-electron chi connectivity index (χ1n) is 9.55. The van der Waals surface area contributed by atoms with Crippen molar-refractivity contribution in [3.05, 3.63) is 54.0 Å². The molecule has 0 radical (unpaired) electrons. The Morgan fingerprint density at radius 1 is 1.15 bits per heavy atom. The number of halogens is 1. The van der Waals surface area contributed by atoms with E-state index in [0.29, 0.717) is 17.1 Å². The Hall–Kier alpha value is -3.95. The second kappa shape index (κ2) is 9.68. The fourth-order valence-electron chi connectivity index (χ4n) is 2.84. The smallest absolute Gasteiger partial charge is 0.241 e. The van der Waals surface area contributed by atoms with E-state index in [1.165, 1.54) is 25.3 Å². The van der Waals surface area contributed by atoms with Gasteiger partial charge in [0.25, 0.3) is 0 Å². The molecule has 1 unspecified atom stereocenters. The maximum absolute atomic E-state index is 14.3. The van der Waals surface area contributed by atoms with Crippen LogP contribution in [0.3, 0.4) is 0 Å². The van der Waals surface area contributed by atoms with Crippen LogP contribution in [0.15, 0.2) is 47.5 Å². The number of methoxy groups -OCH3 is 1. The summed E-state index contributed by atoms with van der Waals surface area (Å²) in [5.41, 5.74) is 1.70. The highest BCUT2D eigenvalue weighted by Crippen LogP contribution is 2.29. The van der Waals surface area contributed by atoms with Crippen LogP contribution in [-0.4, -0.2) is 31.6 Å². The molecule has 0 aliphatic heterocycles. The van der Waals surface area contributed by atoms with E-state index >= 15 is 0 Å². The van der Waals surface area contributed by atoms with E-state index in [9.17, 15) is 12.8 Å². The third-order valence-corrected chi connectivity index (χ3v) is 5.34. The van der Waals surface area contributed by atoms with E-state index in [1.54, 1.807) is 32.0 Å². The van der Waals surface area contributed by atoms with E-state index in [-0.39, 0.29) is 22.4 Å². The Bertz CT molecular complexity index is 1330. The molecule has 0 saturated heterocycles. The molecular weight excluding hydrogens is 451 g/mol. The summed E-state index contributed by atoms with van der Waals surface area (Å²) in [5, 5.41) is 19.8. The minimum absolute atomic E-state index is 0.0338. The van der Waals surface area contributed by atoms with Crippen LogP contribution in [0.25, 0.3) is 0 Å². The number of rotatable bonds is 8. The first-order valence-corrected chi connectivity index (χ1v) is 11.1. The van der Waals surface area contributed by atoms with Gasteiger partial charge in [0.2, 0.25) is 16.0 Å². The molecule has 172 valence electrons. The summed E-state index contributed by atoms with van der Waals surface area (Å²) in [7, 11) is -2.66. The zero-order valence-electron chi connectivity index (χ0n) is 18.0. The molecule has 1 aromatic heterocycles. The maximum Gasteiger partial charge on any atom is 0.241 e. The van der Waals surface area contributed by atoms with Gasteiger partial charge in [-0.2, -0.15) is 10.2 Å². The number of aryl methyl sites for hydroxylation is 1. The fraction of sp³-hybridized carbons (Fsp3) is 0.190. The van der Waals surface area contributed by atoms with Crippen LogP contribution < -0.4 is 25.2 Å². The van der Waals surface area contributed by atoms with Gasteiger partial charge in [-0.25, -0.2) is 22.9 Å². The zero-order chi connectivity index (χ0) is 24.2. The van der Waals surface area contributed by atoms with Gasteiger partial charge in [0.15, 0.2) is 17.7 Å². The number of nitrogens with two attached hydrogens (primary N) is 1. The van der Waals surface area contributed by atoms with Gasteiger partial charge < -0.3 is 20.1 Å². The molecule has 0 aliphatic carbocycles. The molecular formula is C21H21FN6O4S. The van der Waals surface area contributed by atoms with Crippen LogP contribution in [-0.2, 0) is 10.0 Å². The van der Waals surface area contributed by atoms with Crippen LogP contribution in [0, 0.1) is 24.1 Å². The van der Waals surface area contributed by atoms with Gasteiger partial charge in [-0.1, -0.05) is 0 Å². The number of primary sulfonamides is 1. The predicted octanol–water partition coefficient (Wildman–Crippen LogP) is 3.36. The van der Waals surface area contributed by atoms with E-state index in [1.807, 2.05) is 6.07 Å². The summed E-state index contributed by atoms with van der Waals surface area (Å²) < 4.78 is 48.2. The van der Waals surface area contributed by atoms with Crippen molar-refractivity contribution in [2.45, 2.75) is 24.8 Å². The van der Waals surface area contributed by atoms with E-state index in [0.717, 1.165) is 11.8 Å². The zero-order valence-corrected chi connectivity index (χ0v) is 18.8. The minimum Gasteiger partial charge on any atom is -0.495 e. The number of hydrogen-bond donors (Lipinski definition) is 3. The number of anilines is 4. The molecule has 3 aromatic rings. The van der Waals surface area contributed by atoms with Gasteiger partial charge in [0, 0.05) is 17.4 Å². The van der Waals surface area contributed by atoms with Gasteiger partial charge in [0.05, 0.1) is 13.3 Å². The van der Waals surface area contributed by atoms with Crippen molar-refractivity contribution in [3.63, 3.8) is 0 Å². The lowest BCUT2D eigenvalue weighted by atomic mass is 10.2. The van der Waals surface area contributed by atoms with Crippen LogP contribution in [0.5, 0.6) is 11.5 Å². The second-order valence-electron chi connectivity index (χ2n) is 6.92. The highest BCUT2D eigenvalue weighted by molar-refractivity contribution is 7.89. The molecule has 2 aromatic carbocycles. The van der Waals surface area contributed by atoms with Crippen LogP contribution in [0.2, 0.25) is 0 Å². The monoisotopic (exact) mass is 472 g/mol. The number of hydrogen-bond acceptors (Lipinski definition) is 9. The molecule has 0 aliphatic rings. The van der Waals surface area contributed by atoms with Crippen molar-refractivity contribution in [1.29, 1.82) is 5.26 Å². The number of nitriles is 1. The molecule has 1 atom stereocenters. The van der Waals surface area contributed by atoms with Crippen molar-refractivity contribution in [2.75, 3.05) is 17.7 Å². The molecule has 3 rings (SSSR count). The third-order valence-electron chi connectivity index (χ3n) is 4.39. The topological polar surface area (TPSA) is 152 Å². The highest BCUT2D eigenvalue weighted by Gasteiger charge is 2.16. The Morgan fingerprint density at radius 2 is 1.85 bits per heavy atom. The summed E-state index contributed by atoms with van der Waals surface area (Å²) in [6.45, 7) is 3.43. The molecule has 0 saturated carbocycles. The Balaban J connectivity index is 1.82. The average Bonchev–Trinajstić information content (AvgIpc) is 2.77. The lowest BCUT2D eigenvalue weighted by Crippen LogP contribution is -2.13. The summed E-state index contributed by atoms with van der Waals surface area (Å²) in [6, 6.07) is 11.2. The normalized spacial score (nSPS) is 11.9. The molecule has 33 heavy (non-hydrogen) atoms. The lowest BCUT2D eigenvalue weighted by molar-refractivity contribution is 0.274. The standard InChI is InChI=1S/C21H21FN6O4S/c1-12-8-14(4-6-17(12)32-13(2)10-23)26-20-16(22)11-25-21(28-20)27-15-5-7-19(33(24,29)30)18(9-15)31-3/h4-9,11,13H,1-3H3,(H2,24,29,30)(H2,25,26,27,28). The van der Waals surface area contributed by atoms with Crippen LogP contribution in [0.1, 0.15) is 12.5 Å². The van der Waals surface area contributed by atoms with Crippen molar-refractivity contribution in [3.8, 4) is 17.6 Å². The summed E-state index contributed by atoms with van der Waals surface area (Å²) >= 11 is 0. The number of nitrogens with zero attached hydrogens (tertiary/aromatic N) is 3. The second-order valence-corrected chi connectivity index (χ2v) is 8.45. The minimum atomic E-state index is -3.97. The van der Waals surface area contributed by atoms with Crippen molar-refractivity contribution in [2.24, 2.45) is 5.14 Å². The van der Waals surface area contributed by atoms with E-state index < -0.39 is 21.9 Å². The molecule has 4 N–H and O–H groups in total. The fourth-order valence-corrected chi connectivity index (χ4v) is 3.52. The Kier molecular flexibility index (Phi) is 6.95. The number of ether oxygens (including phenoxy) is 2. The maximum atomic E-state index is 14.3. The SMILES string of the molecule is COc1cc(Nc2ncc(F)c(Nc3ccc(OC(C)C#N)c(C)c3)n2)ccc1S(N)(=O)=O. The summed E-state index contributed by atoms with van der Waals surface area (Å²) in [5.74, 6) is -0.134.